The molecule has 1 aromatic rings. The van der Waals surface area contributed by atoms with Crippen molar-refractivity contribution in [3.05, 3.63) is 35.4 Å². The quantitative estimate of drug-likeness (QED) is 0.841. The lowest BCUT2D eigenvalue weighted by Gasteiger charge is -2.34. The highest BCUT2D eigenvalue weighted by Gasteiger charge is 2.39. The molecule has 0 aliphatic heterocycles. The SMILES string of the molecule is CCCNC(c1cccc(CC)c1)C(C)(C)S(C)(=O)=O. The van der Waals surface area contributed by atoms with Crippen molar-refractivity contribution in [3.8, 4) is 0 Å². The second-order valence-corrected chi connectivity index (χ2v) is 8.46. The van der Waals surface area contributed by atoms with Crippen LogP contribution in [-0.4, -0.2) is 26.0 Å². The van der Waals surface area contributed by atoms with Crippen LogP contribution in [0.2, 0.25) is 0 Å². The van der Waals surface area contributed by atoms with E-state index in [1.807, 2.05) is 12.1 Å². The van der Waals surface area contributed by atoms with Crippen LogP contribution in [-0.2, 0) is 16.3 Å². The average molecular weight is 297 g/mol. The summed E-state index contributed by atoms with van der Waals surface area (Å²) >= 11 is 0. The third-order valence-corrected chi connectivity index (χ3v) is 6.09. The highest BCUT2D eigenvalue weighted by molar-refractivity contribution is 7.92. The number of hydrogen-bond donors (Lipinski definition) is 1. The summed E-state index contributed by atoms with van der Waals surface area (Å²) in [6.45, 7) is 8.60. The standard InChI is InChI=1S/C16H27NO2S/c1-6-11-17-15(16(3,4)20(5,18)19)14-10-8-9-13(7-2)12-14/h8-10,12,15,17H,6-7,11H2,1-5H3. The molecule has 0 heterocycles. The molecular formula is C16H27NO2S. The van der Waals surface area contributed by atoms with Gasteiger partial charge in [0.1, 0.15) is 0 Å². The molecule has 0 aromatic heterocycles. The van der Waals surface area contributed by atoms with E-state index in [0.29, 0.717) is 0 Å². The Morgan fingerprint density at radius 1 is 1.25 bits per heavy atom. The number of nitrogens with one attached hydrogen (secondary N) is 1. The molecule has 1 rings (SSSR count). The highest BCUT2D eigenvalue weighted by atomic mass is 32.2. The van der Waals surface area contributed by atoms with Crippen LogP contribution in [0.1, 0.15) is 51.3 Å². The zero-order valence-corrected chi connectivity index (χ0v) is 14.0. The van der Waals surface area contributed by atoms with Crippen LogP contribution < -0.4 is 5.32 Å². The maximum atomic E-state index is 12.1. The zero-order chi connectivity index (χ0) is 15.4. The lowest BCUT2D eigenvalue weighted by atomic mass is 9.93. The Morgan fingerprint density at radius 3 is 2.40 bits per heavy atom. The van der Waals surface area contributed by atoms with Crippen molar-refractivity contribution in [2.45, 2.75) is 51.3 Å². The van der Waals surface area contributed by atoms with Crippen LogP contribution in [0.4, 0.5) is 0 Å². The van der Waals surface area contributed by atoms with Crippen LogP contribution in [0.15, 0.2) is 24.3 Å². The molecule has 0 fully saturated rings. The van der Waals surface area contributed by atoms with Crippen LogP contribution in [0.25, 0.3) is 0 Å². The minimum Gasteiger partial charge on any atom is -0.309 e. The molecule has 0 radical (unpaired) electrons. The largest absolute Gasteiger partial charge is 0.309 e. The Balaban J connectivity index is 3.24. The maximum absolute atomic E-state index is 12.1. The minimum atomic E-state index is -3.16. The first-order chi connectivity index (χ1) is 9.24. The molecule has 0 saturated carbocycles. The van der Waals surface area contributed by atoms with Crippen molar-refractivity contribution in [2.24, 2.45) is 0 Å². The van der Waals surface area contributed by atoms with Gasteiger partial charge in [-0.25, -0.2) is 8.42 Å². The normalized spacial score (nSPS) is 14.2. The molecule has 1 unspecified atom stereocenters. The smallest absolute Gasteiger partial charge is 0.154 e. The summed E-state index contributed by atoms with van der Waals surface area (Å²) in [4.78, 5) is 0. The molecule has 0 spiro atoms. The predicted octanol–water partition coefficient (Wildman–Crippen LogP) is 3.11. The summed E-state index contributed by atoms with van der Waals surface area (Å²) in [6, 6.07) is 8.02. The molecule has 114 valence electrons. The van der Waals surface area contributed by atoms with E-state index in [4.69, 9.17) is 0 Å². The van der Waals surface area contributed by atoms with Crippen LogP contribution in [0, 0.1) is 0 Å². The van der Waals surface area contributed by atoms with Crippen molar-refractivity contribution < 1.29 is 8.42 Å². The lowest BCUT2D eigenvalue weighted by Crippen LogP contribution is -2.45. The van der Waals surface area contributed by atoms with Crippen molar-refractivity contribution in [1.29, 1.82) is 0 Å². The minimum absolute atomic E-state index is 0.191. The molecule has 20 heavy (non-hydrogen) atoms. The van der Waals surface area contributed by atoms with Gasteiger partial charge in [0, 0.05) is 6.26 Å². The van der Waals surface area contributed by atoms with Gasteiger partial charge in [0.05, 0.1) is 10.8 Å². The molecule has 0 saturated heterocycles. The number of benzene rings is 1. The van der Waals surface area contributed by atoms with E-state index in [2.05, 4.69) is 31.3 Å². The summed E-state index contributed by atoms with van der Waals surface area (Å²) in [5.74, 6) is 0. The number of aryl methyl sites for hydroxylation is 1. The first-order valence-corrected chi connectivity index (χ1v) is 9.15. The van der Waals surface area contributed by atoms with Gasteiger partial charge in [-0.05, 0) is 44.4 Å². The summed E-state index contributed by atoms with van der Waals surface area (Å²) < 4.78 is 23.5. The van der Waals surface area contributed by atoms with Gasteiger partial charge in [0.2, 0.25) is 0 Å². The molecule has 0 aliphatic rings. The molecule has 0 bridgehead atoms. The van der Waals surface area contributed by atoms with Crippen molar-refractivity contribution in [1.82, 2.24) is 5.32 Å². The van der Waals surface area contributed by atoms with E-state index < -0.39 is 14.6 Å². The fraction of sp³-hybridized carbons (Fsp3) is 0.625. The Morgan fingerprint density at radius 2 is 1.90 bits per heavy atom. The molecule has 1 atom stereocenters. The Kier molecular flexibility index (Phi) is 5.78. The van der Waals surface area contributed by atoms with Crippen molar-refractivity contribution in [3.63, 3.8) is 0 Å². The number of rotatable bonds is 7. The van der Waals surface area contributed by atoms with Gasteiger partial charge in [-0.1, -0.05) is 38.1 Å². The summed E-state index contributed by atoms with van der Waals surface area (Å²) in [5, 5.41) is 3.40. The number of hydrogen-bond acceptors (Lipinski definition) is 3. The predicted molar refractivity (Wildman–Crippen MR) is 85.8 cm³/mol. The molecular weight excluding hydrogens is 270 g/mol. The van der Waals surface area contributed by atoms with E-state index in [9.17, 15) is 8.42 Å². The summed E-state index contributed by atoms with van der Waals surface area (Å²) in [5.41, 5.74) is 2.28. The molecule has 1 N–H and O–H groups in total. The summed E-state index contributed by atoms with van der Waals surface area (Å²) in [7, 11) is -3.16. The fourth-order valence-electron chi connectivity index (χ4n) is 2.26. The molecule has 0 amide bonds. The van der Waals surface area contributed by atoms with Gasteiger partial charge in [-0.3, -0.25) is 0 Å². The van der Waals surface area contributed by atoms with Crippen LogP contribution in [0.3, 0.4) is 0 Å². The second kappa shape index (κ2) is 6.72. The Hall–Kier alpha value is -0.870. The van der Waals surface area contributed by atoms with Gasteiger partial charge < -0.3 is 5.32 Å². The topological polar surface area (TPSA) is 46.2 Å². The summed E-state index contributed by atoms with van der Waals surface area (Å²) in [6.07, 6.45) is 3.24. The third kappa shape index (κ3) is 3.83. The maximum Gasteiger partial charge on any atom is 0.154 e. The van der Waals surface area contributed by atoms with Gasteiger partial charge in [-0.2, -0.15) is 0 Å². The zero-order valence-electron chi connectivity index (χ0n) is 13.2. The lowest BCUT2D eigenvalue weighted by molar-refractivity contribution is 0.420. The van der Waals surface area contributed by atoms with E-state index in [1.54, 1.807) is 13.8 Å². The van der Waals surface area contributed by atoms with E-state index in [1.165, 1.54) is 11.8 Å². The number of sulfone groups is 1. The molecule has 1 aromatic carbocycles. The van der Waals surface area contributed by atoms with Crippen molar-refractivity contribution >= 4 is 9.84 Å². The first-order valence-electron chi connectivity index (χ1n) is 7.25. The van der Waals surface area contributed by atoms with E-state index in [0.717, 1.165) is 24.9 Å². The van der Waals surface area contributed by atoms with Crippen molar-refractivity contribution in [2.75, 3.05) is 12.8 Å². The Labute approximate surface area is 123 Å². The first kappa shape index (κ1) is 17.2. The van der Waals surface area contributed by atoms with Crippen LogP contribution >= 0.6 is 0 Å². The van der Waals surface area contributed by atoms with Gasteiger partial charge in [0.25, 0.3) is 0 Å². The molecule has 4 heteroatoms. The van der Waals surface area contributed by atoms with E-state index >= 15 is 0 Å². The van der Waals surface area contributed by atoms with Gasteiger partial charge in [-0.15, -0.1) is 0 Å². The van der Waals surface area contributed by atoms with Crippen LogP contribution in [0.5, 0.6) is 0 Å². The molecule has 0 aliphatic carbocycles. The highest BCUT2D eigenvalue weighted by Crippen LogP contribution is 2.32. The van der Waals surface area contributed by atoms with Gasteiger partial charge >= 0.3 is 0 Å². The Bertz CT molecular complexity index is 535. The van der Waals surface area contributed by atoms with Gasteiger partial charge in [0.15, 0.2) is 9.84 Å². The third-order valence-electron chi connectivity index (χ3n) is 3.94. The molecule has 3 nitrogen and oxygen atoms in total. The van der Waals surface area contributed by atoms with E-state index in [-0.39, 0.29) is 6.04 Å². The monoisotopic (exact) mass is 297 g/mol. The second-order valence-electron chi connectivity index (χ2n) is 5.86. The average Bonchev–Trinajstić information content (AvgIpc) is 2.38. The fourth-order valence-corrected chi connectivity index (χ4v) is 2.91.